The number of rotatable bonds is 0. The minimum Gasteiger partial charge on any atom is -0.296 e. The van der Waals surface area contributed by atoms with E-state index in [2.05, 4.69) is 18.8 Å². The molecule has 0 saturated carbocycles. The normalized spacial score (nSPS) is 10.9. The summed E-state index contributed by atoms with van der Waals surface area (Å²) in [6.45, 7) is 6.10. The summed E-state index contributed by atoms with van der Waals surface area (Å²) in [4.78, 5) is 15.9. The number of pyridine rings is 2. The van der Waals surface area contributed by atoms with Gasteiger partial charge in [0.2, 0.25) is 0 Å². The first kappa shape index (κ1) is 9.90. The van der Waals surface area contributed by atoms with Crippen LogP contribution in [0.1, 0.15) is 16.8 Å². The topological polar surface area (TPSA) is 34.9 Å². The highest BCUT2D eigenvalue weighted by atomic mass is 16.1. The van der Waals surface area contributed by atoms with Crippen LogP contribution in [0, 0.1) is 20.8 Å². The summed E-state index contributed by atoms with van der Waals surface area (Å²) in [5.74, 6) is 0. The van der Waals surface area contributed by atoms with Crippen LogP contribution in [0.15, 0.2) is 16.9 Å². The number of aromatic nitrogens is 2. The third-order valence-corrected chi connectivity index (χ3v) is 3.06. The third-order valence-electron chi connectivity index (χ3n) is 3.06. The van der Waals surface area contributed by atoms with Crippen molar-refractivity contribution in [3.63, 3.8) is 0 Å². The Morgan fingerprint density at radius 1 is 1.13 bits per heavy atom. The van der Waals surface area contributed by atoms with Crippen LogP contribution in [-0.2, 0) is 7.05 Å². The molecule has 0 atom stereocenters. The fraction of sp³-hybridized carbons (Fsp3) is 0.333. The zero-order valence-electron chi connectivity index (χ0n) is 9.46. The Bertz CT molecular complexity index is 597. The zero-order valence-corrected chi connectivity index (χ0v) is 9.46. The first-order chi connectivity index (χ1) is 7.02. The number of hydrogen-bond acceptors (Lipinski definition) is 2. The van der Waals surface area contributed by atoms with Crippen LogP contribution in [0.25, 0.3) is 11.0 Å². The van der Waals surface area contributed by atoms with Gasteiger partial charge in [-0.15, -0.1) is 0 Å². The van der Waals surface area contributed by atoms with Gasteiger partial charge in [0.15, 0.2) is 0 Å². The lowest BCUT2D eigenvalue weighted by Crippen LogP contribution is -2.17. The van der Waals surface area contributed by atoms with Crippen LogP contribution in [0.3, 0.4) is 0 Å². The molecular formula is C12H14N2O. The largest absolute Gasteiger partial charge is 0.296 e. The van der Waals surface area contributed by atoms with Crippen molar-refractivity contribution in [1.82, 2.24) is 9.55 Å². The molecule has 3 nitrogen and oxygen atoms in total. The lowest BCUT2D eigenvalue weighted by Gasteiger charge is -2.10. The molecular weight excluding hydrogens is 188 g/mol. The van der Waals surface area contributed by atoms with Crippen molar-refractivity contribution < 1.29 is 0 Å². The Morgan fingerprint density at radius 2 is 1.80 bits per heavy atom. The second kappa shape index (κ2) is 3.19. The van der Waals surface area contributed by atoms with E-state index in [0.29, 0.717) is 0 Å². The SMILES string of the molecule is Cc1nc2c(ccc(=O)n2C)c(C)c1C. The van der Waals surface area contributed by atoms with Crippen LogP contribution >= 0.6 is 0 Å². The monoisotopic (exact) mass is 202 g/mol. The third kappa shape index (κ3) is 1.35. The van der Waals surface area contributed by atoms with Crippen LogP contribution in [0.4, 0.5) is 0 Å². The first-order valence-corrected chi connectivity index (χ1v) is 4.96. The maximum Gasteiger partial charge on any atom is 0.251 e. The summed E-state index contributed by atoms with van der Waals surface area (Å²) in [7, 11) is 1.76. The molecule has 0 aromatic carbocycles. The van der Waals surface area contributed by atoms with Gasteiger partial charge in [-0.25, -0.2) is 4.98 Å². The average molecular weight is 202 g/mol. The fourth-order valence-corrected chi connectivity index (χ4v) is 1.77. The van der Waals surface area contributed by atoms with Crippen molar-refractivity contribution in [3.05, 3.63) is 39.3 Å². The molecule has 2 aromatic rings. The first-order valence-electron chi connectivity index (χ1n) is 4.96. The zero-order chi connectivity index (χ0) is 11.2. The van der Waals surface area contributed by atoms with Crippen molar-refractivity contribution in [2.75, 3.05) is 0 Å². The van der Waals surface area contributed by atoms with Crippen molar-refractivity contribution in [2.24, 2.45) is 7.05 Å². The van der Waals surface area contributed by atoms with Crippen molar-refractivity contribution >= 4 is 11.0 Å². The fourth-order valence-electron chi connectivity index (χ4n) is 1.77. The summed E-state index contributed by atoms with van der Waals surface area (Å²) >= 11 is 0. The van der Waals surface area contributed by atoms with Crippen LogP contribution in [0.2, 0.25) is 0 Å². The second-order valence-electron chi connectivity index (χ2n) is 3.92. The lowest BCUT2D eigenvalue weighted by atomic mass is 10.1. The van der Waals surface area contributed by atoms with E-state index in [1.165, 1.54) is 11.1 Å². The molecule has 0 aliphatic carbocycles. The highest BCUT2D eigenvalue weighted by molar-refractivity contribution is 5.80. The predicted molar refractivity (Wildman–Crippen MR) is 61.2 cm³/mol. The molecule has 0 aliphatic rings. The lowest BCUT2D eigenvalue weighted by molar-refractivity contribution is 0.881. The number of fused-ring (bicyclic) bond motifs is 1. The molecule has 0 saturated heterocycles. The summed E-state index contributed by atoms with van der Waals surface area (Å²) in [6, 6.07) is 3.44. The van der Waals surface area contributed by atoms with Crippen molar-refractivity contribution in [1.29, 1.82) is 0 Å². The molecule has 78 valence electrons. The number of aryl methyl sites for hydroxylation is 3. The van der Waals surface area contributed by atoms with Gasteiger partial charge in [0.1, 0.15) is 5.65 Å². The summed E-state index contributed by atoms with van der Waals surface area (Å²) in [6.07, 6.45) is 0. The average Bonchev–Trinajstić information content (AvgIpc) is 2.21. The quantitative estimate of drug-likeness (QED) is 0.653. The Morgan fingerprint density at radius 3 is 2.47 bits per heavy atom. The van der Waals surface area contributed by atoms with E-state index >= 15 is 0 Å². The van der Waals surface area contributed by atoms with E-state index < -0.39 is 0 Å². The molecule has 0 spiro atoms. The summed E-state index contributed by atoms with van der Waals surface area (Å²) in [5.41, 5.74) is 4.14. The standard InChI is InChI=1S/C12H14N2O/c1-7-8(2)10-5-6-11(15)14(4)12(10)13-9(7)3/h5-6H,1-4H3. The Hall–Kier alpha value is -1.64. The number of nitrogens with zero attached hydrogens (tertiary/aromatic N) is 2. The Labute approximate surface area is 88.4 Å². The van der Waals surface area contributed by atoms with E-state index in [9.17, 15) is 4.79 Å². The van der Waals surface area contributed by atoms with Crippen molar-refractivity contribution in [3.8, 4) is 0 Å². The van der Waals surface area contributed by atoms with Gasteiger partial charge in [-0.3, -0.25) is 9.36 Å². The minimum atomic E-state index is -0.0161. The molecule has 0 amide bonds. The summed E-state index contributed by atoms with van der Waals surface area (Å²) in [5, 5.41) is 1.06. The highest BCUT2D eigenvalue weighted by Gasteiger charge is 2.07. The van der Waals surface area contributed by atoms with E-state index in [0.717, 1.165) is 16.7 Å². The molecule has 0 N–H and O–H groups in total. The van der Waals surface area contributed by atoms with Gasteiger partial charge in [0.25, 0.3) is 5.56 Å². The van der Waals surface area contributed by atoms with E-state index in [1.54, 1.807) is 17.7 Å². The second-order valence-corrected chi connectivity index (χ2v) is 3.92. The highest BCUT2D eigenvalue weighted by Crippen LogP contribution is 2.19. The van der Waals surface area contributed by atoms with E-state index in [1.807, 2.05) is 13.0 Å². The molecule has 2 aromatic heterocycles. The maximum absolute atomic E-state index is 11.5. The van der Waals surface area contributed by atoms with Gasteiger partial charge in [-0.1, -0.05) is 0 Å². The molecule has 15 heavy (non-hydrogen) atoms. The summed E-state index contributed by atoms with van der Waals surface area (Å²) < 4.78 is 1.59. The van der Waals surface area contributed by atoms with Gasteiger partial charge < -0.3 is 0 Å². The van der Waals surface area contributed by atoms with Gasteiger partial charge in [-0.2, -0.15) is 0 Å². The van der Waals surface area contributed by atoms with E-state index in [-0.39, 0.29) is 5.56 Å². The Kier molecular flexibility index (Phi) is 2.11. The molecule has 2 rings (SSSR count). The van der Waals surface area contributed by atoms with Crippen molar-refractivity contribution in [2.45, 2.75) is 20.8 Å². The molecule has 2 heterocycles. The van der Waals surface area contributed by atoms with Crippen LogP contribution < -0.4 is 5.56 Å². The Balaban J connectivity index is 3.05. The number of hydrogen-bond donors (Lipinski definition) is 0. The molecule has 0 unspecified atom stereocenters. The van der Waals surface area contributed by atoms with Gasteiger partial charge >= 0.3 is 0 Å². The van der Waals surface area contributed by atoms with Gasteiger partial charge in [0.05, 0.1) is 0 Å². The van der Waals surface area contributed by atoms with E-state index in [4.69, 9.17) is 0 Å². The molecule has 0 aliphatic heterocycles. The molecule has 0 fully saturated rings. The van der Waals surface area contributed by atoms with Crippen LogP contribution in [-0.4, -0.2) is 9.55 Å². The van der Waals surface area contributed by atoms with Gasteiger partial charge in [-0.05, 0) is 38.0 Å². The van der Waals surface area contributed by atoms with Crippen LogP contribution in [0.5, 0.6) is 0 Å². The minimum absolute atomic E-state index is 0.0161. The molecule has 3 heteroatoms. The predicted octanol–water partition coefficient (Wildman–Crippen LogP) is 1.86. The molecule has 0 bridgehead atoms. The smallest absolute Gasteiger partial charge is 0.251 e. The maximum atomic E-state index is 11.5. The van der Waals surface area contributed by atoms with Gasteiger partial charge in [0, 0.05) is 24.2 Å². The molecule has 0 radical (unpaired) electrons.